The molecule has 1 fully saturated rings. The van der Waals surface area contributed by atoms with Gasteiger partial charge in [0.1, 0.15) is 13.1 Å². The van der Waals surface area contributed by atoms with Crippen molar-refractivity contribution in [1.82, 2.24) is 15.2 Å². The molecule has 2 amide bonds. The van der Waals surface area contributed by atoms with Crippen LogP contribution in [0.1, 0.15) is 45.3 Å². The van der Waals surface area contributed by atoms with Gasteiger partial charge in [-0.15, -0.1) is 0 Å². The number of H-pyrrole nitrogens is 1. The molecule has 2 atom stereocenters. The Morgan fingerprint density at radius 1 is 0.735 bits per heavy atom. The van der Waals surface area contributed by atoms with Gasteiger partial charge in [-0.05, 0) is 27.8 Å². The Morgan fingerprint density at radius 2 is 1.24 bits per heavy atom. The van der Waals surface area contributed by atoms with Crippen LogP contribution in [0.4, 0.5) is 0 Å². The van der Waals surface area contributed by atoms with Crippen molar-refractivity contribution in [3.63, 3.8) is 0 Å². The first-order chi connectivity index (χ1) is 16.7. The average molecular weight is 448 g/mol. The molecule has 34 heavy (non-hydrogen) atoms. The average Bonchev–Trinajstić information content (AvgIpc) is 3.42. The number of nitrogens with one attached hydrogen (secondary N) is 1. The maximum absolute atomic E-state index is 13.7. The summed E-state index contributed by atoms with van der Waals surface area (Å²) in [6.45, 7) is 0.838. The number of hydrogen-bond acceptors (Lipinski definition) is 3. The van der Waals surface area contributed by atoms with Gasteiger partial charge < -0.3 is 0 Å². The van der Waals surface area contributed by atoms with E-state index >= 15 is 0 Å². The molecule has 0 saturated carbocycles. The van der Waals surface area contributed by atoms with E-state index in [1.54, 1.807) is 0 Å². The molecule has 0 radical (unpaired) electrons. The minimum atomic E-state index is -0.349. The van der Waals surface area contributed by atoms with Crippen molar-refractivity contribution >= 4 is 11.8 Å². The first-order valence-electron chi connectivity index (χ1n) is 11.7. The van der Waals surface area contributed by atoms with Crippen LogP contribution in [0.2, 0.25) is 0 Å². The number of aromatic amines is 1. The summed E-state index contributed by atoms with van der Waals surface area (Å²) in [4.78, 5) is 28.9. The Labute approximate surface area is 196 Å². The molecule has 4 aromatic rings. The largest absolute Gasteiger partial charge is 0.274 e. The van der Waals surface area contributed by atoms with E-state index in [0.717, 1.165) is 5.56 Å². The Bertz CT molecular complexity index is 1330. The van der Waals surface area contributed by atoms with Crippen molar-refractivity contribution in [2.45, 2.75) is 24.9 Å². The molecule has 2 heterocycles. The van der Waals surface area contributed by atoms with E-state index in [2.05, 4.69) is 46.7 Å². The highest BCUT2D eigenvalue weighted by Crippen LogP contribution is 2.61. The van der Waals surface area contributed by atoms with Gasteiger partial charge in [-0.25, -0.2) is 0 Å². The van der Waals surface area contributed by atoms with Crippen LogP contribution in [-0.2, 0) is 22.7 Å². The van der Waals surface area contributed by atoms with Gasteiger partial charge in [0.15, 0.2) is 6.20 Å². The van der Waals surface area contributed by atoms with Crippen LogP contribution in [0.5, 0.6) is 0 Å². The molecule has 6 heteroatoms. The lowest BCUT2D eigenvalue weighted by molar-refractivity contribution is -0.746. The van der Waals surface area contributed by atoms with E-state index in [-0.39, 0.29) is 42.0 Å². The van der Waals surface area contributed by atoms with Gasteiger partial charge in [-0.2, -0.15) is 4.68 Å². The highest BCUT2D eigenvalue weighted by atomic mass is 16.2. The zero-order valence-corrected chi connectivity index (χ0v) is 18.5. The van der Waals surface area contributed by atoms with Gasteiger partial charge in [0.25, 0.3) is 0 Å². The maximum Gasteiger partial charge on any atom is 0.238 e. The fourth-order valence-electron chi connectivity index (χ4n) is 6.36. The molecule has 6 nitrogen and oxygen atoms in total. The van der Waals surface area contributed by atoms with E-state index in [4.69, 9.17) is 0 Å². The lowest BCUT2D eigenvalue weighted by Crippen LogP contribution is -2.41. The number of benzene rings is 3. The second kappa shape index (κ2) is 7.22. The highest BCUT2D eigenvalue weighted by Gasteiger charge is 2.61. The summed E-state index contributed by atoms with van der Waals surface area (Å²) in [5, 5.41) is 7.38. The van der Waals surface area contributed by atoms with Crippen molar-refractivity contribution in [2.75, 3.05) is 0 Å². The van der Waals surface area contributed by atoms with E-state index < -0.39 is 0 Å². The first-order valence-corrected chi connectivity index (χ1v) is 11.7. The van der Waals surface area contributed by atoms with Crippen molar-refractivity contribution in [2.24, 2.45) is 11.8 Å². The number of amides is 2. The van der Waals surface area contributed by atoms with Crippen LogP contribution < -0.4 is 4.68 Å². The van der Waals surface area contributed by atoms with Crippen LogP contribution in [0.25, 0.3) is 0 Å². The zero-order chi connectivity index (χ0) is 22.8. The third kappa shape index (κ3) is 2.68. The van der Waals surface area contributed by atoms with Gasteiger partial charge in [-0.1, -0.05) is 84.1 Å². The van der Waals surface area contributed by atoms with Crippen molar-refractivity contribution in [3.05, 3.63) is 119 Å². The number of imide groups is 1. The van der Waals surface area contributed by atoms with Gasteiger partial charge in [-0.3, -0.25) is 14.5 Å². The minimum Gasteiger partial charge on any atom is -0.274 e. The van der Waals surface area contributed by atoms with Crippen LogP contribution in [0.15, 0.2) is 85.1 Å². The second-order valence-electron chi connectivity index (χ2n) is 9.47. The molecule has 1 aliphatic heterocycles. The van der Waals surface area contributed by atoms with Crippen molar-refractivity contribution in [1.29, 1.82) is 0 Å². The Kier molecular flexibility index (Phi) is 4.12. The highest BCUT2D eigenvalue weighted by molar-refractivity contribution is 6.07. The summed E-state index contributed by atoms with van der Waals surface area (Å²) in [6, 6.07) is 26.7. The molecule has 1 aromatic heterocycles. The number of hydrogen-bond donors (Lipinski definition) is 1. The lowest BCUT2D eigenvalue weighted by Gasteiger charge is -2.45. The first kappa shape index (κ1) is 19.4. The molecule has 166 valence electrons. The molecular weight excluding hydrogens is 424 g/mol. The number of carbonyl (C=O) groups is 2. The SMILES string of the molecule is O=C1[C@@H]2C3c4ccccc4C(c4ccccc43)[C@@H]2C(=O)N1Cc1c[n+](Cc2ccccc2)[nH]n1. The molecule has 3 aromatic carbocycles. The van der Waals surface area contributed by atoms with Crippen LogP contribution in [0.3, 0.4) is 0 Å². The third-order valence-corrected chi connectivity index (χ3v) is 7.68. The van der Waals surface area contributed by atoms with Crippen molar-refractivity contribution in [3.8, 4) is 0 Å². The van der Waals surface area contributed by atoms with Gasteiger partial charge in [0.2, 0.25) is 17.5 Å². The van der Waals surface area contributed by atoms with E-state index in [1.807, 2.05) is 53.3 Å². The van der Waals surface area contributed by atoms with Gasteiger partial charge in [0, 0.05) is 16.9 Å². The Balaban J connectivity index is 1.22. The van der Waals surface area contributed by atoms with Crippen LogP contribution in [0, 0.1) is 11.8 Å². The number of rotatable bonds is 4. The molecule has 8 rings (SSSR count). The molecular formula is C28H23N4O2+. The summed E-state index contributed by atoms with van der Waals surface area (Å²) in [5.41, 5.74) is 6.59. The van der Waals surface area contributed by atoms with Crippen LogP contribution in [-0.4, -0.2) is 27.0 Å². The standard InChI is InChI=1S/C28H22N4O2/c33-27-25-23-19-10-4-5-11-20(19)24(22-13-7-6-12-21(22)23)26(25)28(34)32(27)16-18-15-31(30-29-18)14-17-8-2-1-3-9-17/h1-13,15,23-26H,14,16H2/p+1/t23?,24?,25-,26+. The number of likely N-dealkylation sites (tertiary alicyclic amines) is 1. The topological polar surface area (TPSA) is 69.9 Å². The summed E-state index contributed by atoms with van der Waals surface area (Å²) in [7, 11) is 0. The Hall–Kier alpha value is -4.06. The molecule has 0 unspecified atom stereocenters. The fraction of sp³-hybridized carbons (Fsp3) is 0.214. The molecule has 1 N–H and O–H groups in total. The molecule has 0 spiro atoms. The second-order valence-corrected chi connectivity index (χ2v) is 9.47. The fourth-order valence-corrected chi connectivity index (χ4v) is 6.36. The zero-order valence-electron chi connectivity index (χ0n) is 18.5. The smallest absolute Gasteiger partial charge is 0.238 e. The van der Waals surface area contributed by atoms with E-state index in [0.29, 0.717) is 12.2 Å². The van der Waals surface area contributed by atoms with E-state index in [1.165, 1.54) is 27.2 Å². The molecule has 1 saturated heterocycles. The summed E-state index contributed by atoms with van der Waals surface area (Å²) >= 11 is 0. The molecule has 2 bridgehead atoms. The number of aromatic nitrogens is 3. The molecule has 3 aliphatic carbocycles. The minimum absolute atomic E-state index is 0.0772. The lowest BCUT2D eigenvalue weighted by atomic mass is 9.55. The van der Waals surface area contributed by atoms with Gasteiger partial charge >= 0.3 is 0 Å². The summed E-state index contributed by atoms with van der Waals surface area (Å²) in [6.07, 6.45) is 1.88. The summed E-state index contributed by atoms with van der Waals surface area (Å²) in [5.74, 6) is -1.01. The quantitative estimate of drug-likeness (QED) is 0.386. The van der Waals surface area contributed by atoms with Gasteiger partial charge in [0.05, 0.1) is 11.8 Å². The third-order valence-electron chi connectivity index (χ3n) is 7.68. The predicted molar refractivity (Wildman–Crippen MR) is 123 cm³/mol. The number of nitrogens with zero attached hydrogens (tertiary/aromatic N) is 3. The monoisotopic (exact) mass is 447 g/mol. The maximum atomic E-state index is 13.7. The van der Waals surface area contributed by atoms with Crippen molar-refractivity contribution < 1.29 is 14.3 Å². The Morgan fingerprint density at radius 3 is 1.76 bits per heavy atom. The predicted octanol–water partition coefficient (Wildman–Crippen LogP) is 3.14. The normalized spacial score (nSPS) is 24.2. The molecule has 4 aliphatic rings. The summed E-state index contributed by atoms with van der Waals surface area (Å²) < 4.78 is 1.87. The van der Waals surface area contributed by atoms with Crippen LogP contribution >= 0.6 is 0 Å². The number of carbonyl (C=O) groups excluding carboxylic acids is 2. The van der Waals surface area contributed by atoms with E-state index in [9.17, 15) is 9.59 Å².